The van der Waals surface area contributed by atoms with E-state index in [4.69, 9.17) is 0 Å². The molecule has 0 unspecified atom stereocenters. The van der Waals surface area contributed by atoms with Crippen LogP contribution in [0.25, 0.3) is 0 Å². The highest BCUT2D eigenvalue weighted by Crippen LogP contribution is 2.34. The Morgan fingerprint density at radius 2 is 1.90 bits per heavy atom. The second kappa shape index (κ2) is 5.94. The van der Waals surface area contributed by atoms with Gasteiger partial charge in [-0.15, -0.1) is 0 Å². The Kier molecular flexibility index (Phi) is 4.25. The van der Waals surface area contributed by atoms with Crippen LogP contribution in [-0.4, -0.2) is 12.2 Å². The number of aliphatic hydroxyl groups excluding tert-OH is 1. The summed E-state index contributed by atoms with van der Waals surface area (Å²) in [6.45, 7) is 3.27. The molecule has 3 nitrogen and oxygen atoms in total. The maximum absolute atomic E-state index is 13.7. The minimum Gasteiger partial charge on any atom is -0.389 e. The van der Waals surface area contributed by atoms with Crippen molar-refractivity contribution in [1.29, 1.82) is 5.26 Å². The number of hydrogen-bond donors (Lipinski definition) is 1. The Morgan fingerprint density at radius 1 is 1.24 bits per heavy atom. The van der Waals surface area contributed by atoms with Crippen LogP contribution in [0.2, 0.25) is 0 Å². The van der Waals surface area contributed by atoms with Crippen LogP contribution in [0.5, 0.6) is 0 Å². The van der Waals surface area contributed by atoms with E-state index in [0.717, 1.165) is 0 Å². The maximum Gasteiger partial charge on any atom is 0.126 e. The number of nitriles is 1. The Labute approximate surface area is 123 Å². The van der Waals surface area contributed by atoms with Gasteiger partial charge in [0.15, 0.2) is 0 Å². The summed E-state index contributed by atoms with van der Waals surface area (Å²) in [5.41, 5.74) is 2.92. The highest BCUT2D eigenvalue weighted by atomic mass is 19.1. The number of rotatable bonds is 3. The summed E-state index contributed by atoms with van der Waals surface area (Å²) in [5, 5.41) is 19.1. The van der Waals surface area contributed by atoms with Crippen LogP contribution in [0.1, 0.15) is 29.7 Å². The van der Waals surface area contributed by atoms with E-state index in [9.17, 15) is 14.8 Å². The van der Waals surface area contributed by atoms with E-state index >= 15 is 0 Å². The third kappa shape index (κ3) is 2.88. The number of halogens is 1. The Balaban J connectivity index is 2.60. The van der Waals surface area contributed by atoms with Gasteiger partial charge in [-0.25, -0.2) is 4.39 Å². The zero-order chi connectivity index (χ0) is 15.6. The third-order valence-corrected chi connectivity index (χ3v) is 3.51. The monoisotopic (exact) mass is 284 g/mol. The average Bonchev–Trinajstić information content (AvgIpc) is 2.48. The predicted molar refractivity (Wildman–Crippen MR) is 81.0 cm³/mol. The van der Waals surface area contributed by atoms with E-state index in [1.165, 1.54) is 6.07 Å². The molecule has 21 heavy (non-hydrogen) atoms. The first-order valence-electron chi connectivity index (χ1n) is 6.66. The van der Waals surface area contributed by atoms with Crippen molar-refractivity contribution in [3.05, 3.63) is 58.9 Å². The van der Waals surface area contributed by atoms with Crippen molar-refractivity contribution >= 4 is 11.4 Å². The van der Waals surface area contributed by atoms with Crippen LogP contribution in [-0.2, 0) is 0 Å². The molecule has 2 aromatic carbocycles. The molecule has 0 aliphatic carbocycles. The van der Waals surface area contributed by atoms with Crippen LogP contribution in [0.15, 0.2) is 36.4 Å². The zero-order valence-corrected chi connectivity index (χ0v) is 12.3. The fourth-order valence-electron chi connectivity index (χ4n) is 2.30. The van der Waals surface area contributed by atoms with Crippen LogP contribution in [0.4, 0.5) is 15.8 Å². The second-order valence-corrected chi connectivity index (χ2v) is 5.02. The summed E-state index contributed by atoms with van der Waals surface area (Å²) in [5.74, 6) is -0.350. The average molecular weight is 284 g/mol. The molecule has 1 atom stereocenters. The number of benzene rings is 2. The predicted octanol–water partition coefficient (Wildman–Crippen LogP) is 3.83. The lowest BCUT2D eigenvalue weighted by Gasteiger charge is -2.25. The normalized spacial score (nSPS) is 11.8. The Hall–Kier alpha value is -2.38. The van der Waals surface area contributed by atoms with Crippen LogP contribution < -0.4 is 4.90 Å². The molecule has 0 radical (unpaired) electrons. The summed E-state index contributed by atoms with van der Waals surface area (Å²) in [4.78, 5) is 1.80. The molecular weight excluding hydrogens is 267 g/mol. The number of nitrogens with zero attached hydrogens (tertiary/aromatic N) is 2. The number of aliphatic hydroxyl groups is 1. The van der Waals surface area contributed by atoms with Gasteiger partial charge in [0.05, 0.1) is 17.4 Å². The molecule has 0 saturated carbocycles. The summed E-state index contributed by atoms with van der Waals surface area (Å²) < 4.78 is 13.7. The molecule has 0 aliphatic heterocycles. The largest absolute Gasteiger partial charge is 0.389 e. The lowest BCUT2D eigenvalue weighted by Crippen LogP contribution is -2.15. The van der Waals surface area contributed by atoms with Gasteiger partial charge in [0.1, 0.15) is 11.9 Å². The maximum atomic E-state index is 13.7. The molecule has 0 spiro atoms. The number of aryl methyl sites for hydroxylation is 1. The fraction of sp³-hybridized carbons (Fsp3) is 0.235. The summed E-state index contributed by atoms with van der Waals surface area (Å²) >= 11 is 0. The highest BCUT2D eigenvalue weighted by Gasteiger charge is 2.17. The van der Waals surface area contributed by atoms with Gasteiger partial charge in [-0.2, -0.15) is 5.26 Å². The molecule has 1 N–H and O–H groups in total. The molecule has 0 fully saturated rings. The van der Waals surface area contributed by atoms with Crippen molar-refractivity contribution in [3.63, 3.8) is 0 Å². The van der Waals surface area contributed by atoms with Crippen molar-refractivity contribution in [2.75, 3.05) is 11.9 Å². The Morgan fingerprint density at radius 3 is 2.52 bits per heavy atom. The lowest BCUT2D eigenvalue weighted by molar-refractivity contribution is 0.199. The molecule has 0 bridgehead atoms. The minimum absolute atomic E-state index is 0.350. The van der Waals surface area contributed by atoms with Crippen LogP contribution in [0, 0.1) is 24.1 Å². The van der Waals surface area contributed by atoms with Crippen LogP contribution >= 0.6 is 0 Å². The molecule has 0 saturated heterocycles. The number of hydrogen-bond acceptors (Lipinski definition) is 3. The second-order valence-electron chi connectivity index (χ2n) is 5.02. The van der Waals surface area contributed by atoms with Gasteiger partial charge in [0, 0.05) is 18.3 Å². The van der Waals surface area contributed by atoms with E-state index in [0.29, 0.717) is 28.1 Å². The van der Waals surface area contributed by atoms with E-state index in [2.05, 4.69) is 6.07 Å². The highest BCUT2D eigenvalue weighted by molar-refractivity contribution is 5.71. The van der Waals surface area contributed by atoms with E-state index < -0.39 is 6.10 Å². The number of anilines is 2. The SMILES string of the molecule is Cc1cc(N(C)c2ccccc2C#N)c([C@H](C)O)cc1F. The van der Waals surface area contributed by atoms with Crippen molar-refractivity contribution in [3.8, 4) is 6.07 Å². The fourth-order valence-corrected chi connectivity index (χ4v) is 2.30. The molecule has 2 rings (SSSR count). The third-order valence-electron chi connectivity index (χ3n) is 3.51. The van der Waals surface area contributed by atoms with Gasteiger partial charge < -0.3 is 10.0 Å². The number of para-hydroxylation sites is 1. The summed E-state index contributed by atoms with van der Waals surface area (Å²) in [6.07, 6.45) is -0.799. The molecule has 0 aromatic heterocycles. The first-order valence-corrected chi connectivity index (χ1v) is 6.66. The lowest BCUT2D eigenvalue weighted by atomic mass is 10.0. The standard InChI is InChI=1S/C17H17FN2O/c1-11-8-17(14(12(2)21)9-15(11)18)20(3)16-7-5-4-6-13(16)10-19/h4-9,12,21H,1-3H3/t12-/m0/s1. The van der Waals surface area contributed by atoms with Crippen LogP contribution in [0.3, 0.4) is 0 Å². The Bertz CT molecular complexity index is 704. The van der Waals surface area contributed by atoms with Crippen molar-refractivity contribution in [2.24, 2.45) is 0 Å². The molecule has 0 heterocycles. The first-order chi connectivity index (χ1) is 9.95. The minimum atomic E-state index is -0.799. The summed E-state index contributed by atoms with van der Waals surface area (Å²) in [7, 11) is 1.80. The summed E-state index contributed by atoms with van der Waals surface area (Å²) in [6, 6.07) is 12.4. The van der Waals surface area contributed by atoms with Crippen molar-refractivity contribution < 1.29 is 9.50 Å². The van der Waals surface area contributed by atoms with Gasteiger partial charge in [-0.05, 0) is 43.7 Å². The first kappa shape index (κ1) is 15.0. The van der Waals surface area contributed by atoms with Crippen molar-refractivity contribution in [2.45, 2.75) is 20.0 Å². The van der Waals surface area contributed by atoms with E-state index in [1.54, 1.807) is 44.0 Å². The molecular formula is C17H17FN2O. The van der Waals surface area contributed by atoms with Gasteiger partial charge >= 0.3 is 0 Å². The van der Waals surface area contributed by atoms with Gasteiger partial charge in [0.25, 0.3) is 0 Å². The van der Waals surface area contributed by atoms with Crippen molar-refractivity contribution in [1.82, 2.24) is 0 Å². The van der Waals surface area contributed by atoms with Gasteiger partial charge in [-0.1, -0.05) is 12.1 Å². The topological polar surface area (TPSA) is 47.3 Å². The molecule has 108 valence electrons. The quantitative estimate of drug-likeness (QED) is 0.931. The van der Waals surface area contributed by atoms with E-state index in [1.807, 2.05) is 12.1 Å². The van der Waals surface area contributed by atoms with E-state index in [-0.39, 0.29) is 5.82 Å². The molecule has 2 aromatic rings. The van der Waals surface area contributed by atoms with Gasteiger partial charge in [-0.3, -0.25) is 0 Å². The molecule has 0 aliphatic rings. The smallest absolute Gasteiger partial charge is 0.126 e. The molecule has 4 heteroatoms. The molecule has 0 amide bonds. The van der Waals surface area contributed by atoms with Gasteiger partial charge in [0.2, 0.25) is 0 Å². The zero-order valence-electron chi connectivity index (χ0n) is 12.3.